The van der Waals surface area contributed by atoms with Crippen molar-refractivity contribution in [3.05, 3.63) is 68.9 Å². The number of nitrogens with one attached hydrogen (secondary N) is 2. The van der Waals surface area contributed by atoms with E-state index in [2.05, 4.69) is 36.8 Å². The van der Waals surface area contributed by atoms with Gasteiger partial charge in [-0.15, -0.1) is 10.2 Å². The molecule has 2 aromatic carbocycles. The normalized spacial score (nSPS) is 10.5. The minimum Gasteiger partial charge on any atom is -0.307 e. The lowest BCUT2D eigenvalue weighted by molar-refractivity contribution is 0.0978. The summed E-state index contributed by atoms with van der Waals surface area (Å²) < 4.78 is 14.4. The summed E-state index contributed by atoms with van der Waals surface area (Å²) in [4.78, 5) is 12.3. The molecule has 0 bridgehead atoms. The molecule has 0 radical (unpaired) electrons. The van der Waals surface area contributed by atoms with Crippen LogP contribution in [0.5, 0.6) is 0 Å². The van der Waals surface area contributed by atoms with Crippen LogP contribution < -0.4 is 10.6 Å². The maximum Gasteiger partial charge on any atom is 0.258 e. The first kappa shape index (κ1) is 21.1. The summed E-state index contributed by atoms with van der Waals surface area (Å²) in [5, 5.41) is 14.3. The molecule has 0 fully saturated rings. The second-order valence-corrected chi connectivity index (χ2v) is 9.25. The zero-order valence-electron chi connectivity index (χ0n) is 13.9. The van der Waals surface area contributed by atoms with Gasteiger partial charge in [-0.25, -0.2) is 4.39 Å². The summed E-state index contributed by atoms with van der Waals surface area (Å²) >= 11 is 17.3. The summed E-state index contributed by atoms with van der Waals surface area (Å²) in [5.74, 6) is -0.0626. The Bertz CT molecular complexity index is 1020. The number of nitrogens with zero attached hydrogens (tertiary/aromatic N) is 2. The lowest BCUT2D eigenvalue weighted by atomic mass is 10.2. The molecule has 3 aromatic rings. The predicted molar refractivity (Wildman–Crippen MR) is 119 cm³/mol. The molecule has 0 aliphatic rings. The van der Waals surface area contributed by atoms with Crippen LogP contribution in [0.1, 0.15) is 15.9 Å². The van der Waals surface area contributed by atoms with Crippen molar-refractivity contribution in [1.29, 1.82) is 0 Å². The molecule has 11 heteroatoms. The summed E-state index contributed by atoms with van der Waals surface area (Å²) in [5.41, 5.74) is 1.28. The highest BCUT2D eigenvalue weighted by molar-refractivity contribution is 9.10. The number of rotatable bonds is 5. The second kappa shape index (κ2) is 9.75. The number of hydrogen-bond donors (Lipinski definition) is 2. The third-order valence-corrected chi connectivity index (χ3v) is 6.37. The lowest BCUT2D eigenvalue weighted by Crippen LogP contribution is -2.34. The number of thioether (sulfide) groups is 1. The van der Waals surface area contributed by atoms with Gasteiger partial charge in [0.15, 0.2) is 9.45 Å². The zero-order valence-corrected chi connectivity index (χ0v) is 18.7. The maximum atomic E-state index is 12.9. The van der Waals surface area contributed by atoms with Crippen molar-refractivity contribution in [2.75, 3.05) is 5.32 Å². The molecule has 5 nitrogen and oxygen atoms in total. The molecule has 0 unspecified atom stereocenters. The Morgan fingerprint density at radius 2 is 2.00 bits per heavy atom. The minimum absolute atomic E-state index is 0.0901. The summed E-state index contributed by atoms with van der Waals surface area (Å²) in [6, 6.07) is 11.2. The largest absolute Gasteiger partial charge is 0.307 e. The molecule has 1 amide bonds. The van der Waals surface area contributed by atoms with Crippen LogP contribution in [0.2, 0.25) is 5.02 Å². The fraction of sp³-hybridized carbons (Fsp3) is 0.0588. The van der Waals surface area contributed by atoms with Crippen molar-refractivity contribution < 1.29 is 9.18 Å². The van der Waals surface area contributed by atoms with Gasteiger partial charge in [0.2, 0.25) is 5.13 Å². The Morgan fingerprint density at radius 1 is 1.25 bits per heavy atom. The van der Waals surface area contributed by atoms with Crippen molar-refractivity contribution in [2.24, 2.45) is 0 Å². The van der Waals surface area contributed by atoms with Crippen molar-refractivity contribution in [1.82, 2.24) is 15.5 Å². The van der Waals surface area contributed by atoms with Crippen LogP contribution in [0.15, 0.2) is 51.3 Å². The van der Waals surface area contributed by atoms with E-state index in [0.717, 1.165) is 14.4 Å². The number of amides is 1. The number of aromatic nitrogens is 2. The Balaban J connectivity index is 1.54. The topological polar surface area (TPSA) is 66.9 Å². The van der Waals surface area contributed by atoms with E-state index in [1.54, 1.807) is 30.3 Å². The molecule has 0 aliphatic heterocycles. The molecule has 0 aliphatic carbocycles. The van der Waals surface area contributed by atoms with Gasteiger partial charge < -0.3 is 5.32 Å². The number of carbonyl (C=O) groups excluding carboxylic acids is 1. The summed E-state index contributed by atoms with van der Waals surface area (Å²) in [6.07, 6.45) is 0. The molecule has 144 valence electrons. The third kappa shape index (κ3) is 5.95. The molecule has 2 N–H and O–H groups in total. The van der Waals surface area contributed by atoms with Gasteiger partial charge in [0.05, 0.1) is 10.6 Å². The Hall–Kier alpha value is -1.59. The van der Waals surface area contributed by atoms with Gasteiger partial charge in [-0.3, -0.25) is 10.1 Å². The molecule has 0 saturated heterocycles. The summed E-state index contributed by atoms with van der Waals surface area (Å²) in [6.45, 7) is 0. The molecular formula is C17H11BrClFN4OS3. The van der Waals surface area contributed by atoms with E-state index in [9.17, 15) is 9.18 Å². The Labute approximate surface area is 187 Å². The number of thiocarbonyl (C=S) groups is 1. The van der Waals surface area contributed by atoms with E-state index in [4.69, 9.17) is 23.8 Å². The summed E-state index contributed by atoms with van der Waals surface area (Å²) in [7, 11) is 0. The zero-order chi connectivity index (χ0) is 20.1. The van der Waals surface area contributed by atoms with Crippen molar-refractivity contribution in [3.8, 4) is 0 Å². The van der Waals surface area contributed by atoms with E-state index in [1.807, 2.05) is 0 Å². The van der Waals surface area contributed by atoms with Crippen LogP contribution in [0.3, 0.4) is 0 Å². The average molecular weight is 518 g/mol. The first-order chi connectivity index (χ1) is 13.4. The first-order valence-electron chi connectivity index (χ1n) is 7.69. The van der Waals surface area contributed by atoms with E-state index >= 15 is 0 Å². The number of halogens is 3. The molecule has 0 saturated carbocycles. The van der Waals surface area contributed by atoms with Gasteiger partial charge in [-0.1, -0.05) is 62.8 Å². The smallest absolute Gasteiger partial charge is 0.258 e. The molecule has 3 rings (SSSR count). The maximum absolute atomic E-state index is 12.9. The minimum atomic E-state index is -0.431. The highest BCUT2D eigenvalue weighted by Gasteiger charge is 2.14. The van der Waals surface area contributed by atoms with Crippen molar-refractivity contribution in [3.63, 3.8) is 0 Å². The number of hydrogen-bond acceptors (Lipinski definition) is 6. The van der Waals surface area contributed by atoms with Gasteiger partial charge in [0.1, 0.15) is 5.82 Å². The van der Waals surface area contributed by atoms with Crippen LogP contribution in [0, 0.1) is 5.82 Å². The number of carbonyl (C=O) groups is 1. The van der Waals surface area contributed by atoms with Gasteiger partial charge >= 0.3 is 0 Å². The van der Waals surface area contributed by atoms with Crippen LogP contribution in [0.4, 0.5) is 9.52 Å². The predicted octanol–water partition coefficient (Wildman–Crippen LogP) is 5.51. The molecule has 1 heterocycles. The molecule has 1 aromatic heterocycles. The van der Waals surface area contributed by atoms with Crippen LogP contribution >= 0.6 is 62.8 Å². The SMILES string of the molecule is O=C(NC(=S)Nc1nnc(SCc2ccc(F)cc2)s1)c1cc(Br)ccc1Cl. The number of anilines is 1. The van der Waals surface area contributed by atoms with Gasteiger partial charge in [-0.2, -0.15) is 0 Å². The van der Waals surface area contributed by atoms with Crippen molar-refractivity contribution >= 4 is 79.0 Å². The standard InChI is InChI=1S/C17H11BrClFN4OS3/c18-10-3-6-13(19)12(7-10)14(25)21-15(26)22-16-23-24-17(28-16)27-8-9-1-4-11(20)5-2-9/h1-7H,8H2,(H2,21,22,23,25,26). The number of benzene rings is 2. The quantitative estimate of drug-likeness (QED) is 0.343. The van der Waals surface area contributed by atoms with Crippen molar-refractivity contribution in [2.45, 2.75) is 10.1 Å². The van der Waals surface area contributed by atoms with Gasteiger partial charge in [0, 0.05) is 10.2 Å². The van der Waals surface area contributed by atoms with Gasteiger partial charge in [0.25, 0.3) is 5.91 Å². The van der Waals surface area contributed by atoms with E-state index < -0.39 is 5.91 Å². The van der Waals surface area contributed by atoms with E-state index in [1.165, 1.54) is 35.2 Å². The van der Waals surface area contributed by atoms with Gasteiger partial charge in [-0.05, 0) is 48.1 Å². The molecule has 0 spiro atoms. The fourth-order valence-electron chi connectivity index (χ4n) is 2.01. The Morgan fingerprint density at radius 3 is 2.75 bits per heavy atom. The highest BCUT2D eigenvalue weighted by atomic mass is 79.9. The van der Waals surface area contributed by atoms with E-state index in [0.29, 0.717) is 21.5 Å². The highest BCUT2D eigenvalue weighted by Crippen LogP contribution is 2.28. The lowest BCUT2D eigenvalue weighted by Gasteiger charge is -2.08. The third-order valence-electron chi connectivity index (χ3n) is 3.30. The Kier molecular flexibility index (Phi) is 7.36. The average Bonchev–Trinajstić information content (AvgIpc) is 3.10. The molecular weight excluding hydrogens is 507 g/mol. The second-order valence-electron chi connectivity index (χ2n) is 5.32. The first-order valence-corrected chi connectivity index (χ1v) is 11.1. The molecule has 0 atom stereocenters. The van der Waals surface area contributed by atoms with Crippen LogP contribution in [0.25, 0.3) is 0 Å². The van der Waals surface area contributed by atoms with Crippen LogP contribution in [-0.2, 0) is 5.75 Å². The fourth-order valence-corrected chi connectivity index (χ4v) is 4.55. The monoisotopic (exact) mass is 516 g/mol. The van der Waals surface area contributed by atoms with Crippen LogP contribution in [-0.4, -0.2) is 21.2 Å². The van der Waals surface area contributed by atoms with E-state index in [-0.39, 0.29) is 10.9 Å². The molecule has 28 heavy (non-hydrogen) atoms.